The summed E-state index contributed by atoms with van der Waals surface area (Å²) in [6, 6.07) is 28.2. The Morgan fingerprint density at radius 2 is 1.40 bits per heavy atom. The zero-order valence-electron chi connectivity index (χ0n) is 18.6. The van der Waals surface area contributed by atoms with Crippen LogP contribution in [0.4, 0.5) is 11.4 Å². The maximum Gasteiger partial charge on any atom is 0.350 e. The zero-order chi connectivity index (χ0) is 24.2. The molecule has 172 valence electrons. The highest BCUT2D eigenvalue weighted by atomic mass is 16.2. The molecule has 5 aromatic rings. The number of pyridine rings is 1. The van der Waals surface area contributed by atoms with Gasteiger partial charge in [-0.3, -0.25) is 14.0 Å². The van der Waals surface area contributed by atoms with E-state index in [1.165, 1.54) is 9.08 Å². The average molecular weight is 463 g/mol. The second-order valence-corrected chi connectivity index (χ2v) is 7.92. The highest BCUT2D eigenvalue weighted by Crippen LogP contribution is 2.16. The molecule has 5 rings (SSSR count). The molecule has 0 atom stereocenters. The summed E-state index contributed by atoms with van der Waals surface area (Å²) < 4.78 is 2.87. The largest absolute Gasteiger partial charge is 0.350 e. The molecule has 0 saturated heterocycles. The number of fused-ring (bicyclic) bond motifs is 1. The van der Waals surface area contributed by atoms with E-state index in [1.54, 1.807) is 72.9 Å². The van der Waals surface area contributed by atoms with E-state index in [0.717, 1.165) is 5.56 Å². The Bertz CT molecular complexity index is 1570. The predicted molar refractivity (Wildman–Crippen MR) is 134 cm³/mol. The van der Waals surface area contributed by atoms with Crippen LogP contribution in [-0.2, 0) is 6.54 Å². The summed E-state index contributed by atoms with van der Waals surface area (Å²) in [5.74, 6) is -0.502. The first-order chi connectivity index (χ1) is 17.1. The van der Waals surface area contributed by atoms with Gasteiger partial charge in [-0.1, -0.05) is 36.4 Å². The van der Waals surface area contributed by atoms with Crippen molar-refractivity contribution in [1.82, 2.24) is 14.2 Å². The Labute approximate surface area is 200 Å². The lowest BCUT2D eigenvalue weighted by Crippen LogP contribution is -2.21. The molecule has 3 aromatic carbocycles. The second kappa shape index (κ2) is 9.48. The van der Waals surface area contributed by atoms with Crippen molar-refractivity contribution in [3.05, 3.63) is 130 Å². The number of aromatic nitrogens is 3. The number of carbonyl (C=O) groups is 2. The second-order valence-electron chi connectivity index (χ2n) is 7.92. The molecule has 0 radical (unpaired) electrons. The minimum atomic E-state index is -0.284. The van der Waals surface area contributed by atoms with E-state index >= 15 is 0 Å². The van der Waals surface area contributed by atoms with Crippen molar-refractivity contribution in [2.45, 2.75) is 6.54 Å². The molecule has 8 heteroatoms. The summed E-state index contributed by atoms with van der Waals surface area (Å²) in [6.07, 6.45) is 1.68. The van der Waals surface area contributed by atoms with Gasteiger partial charge in [0.05, 0.1) is 6.54 Å². The van der Waals surface area contributed by atoms with E-state index in [9.17, 15) is 14.4 Å². The monoisotopic (exact) mass is 463 g/mol. The van der Waals surface area contributed by atoms with Crippen LogP contribution in [0.2, 0.25) is 0 Å². The summed E-state index contributed by atoms with van der Waals surface area (Å²) in [6.45, 7) is 0.278. The first-order valence-corrected chi connectivity index (χ1v) is 11.0. The van der Waals surface area contributed by atoms with E-state index in [2.05, 4.69) is 15.7 Å². The third kappa shape index (κ3) is 4.86. The Balaban J connectivity index is 1.25. The number of amides is 2. The van der Waals surface area contributed by atoms with Crippen LogP contribution >= 0.6 is 0 Å². The molecular weight excluding hydrogens is 442 g/mol. The number of nitrogens with zero attached hydrogens (tertiary/aromatic N) is 3. The van der Waals surface area contributed by atoms with Gasteiger partial charge in [0.25, 0.3) is 11.8 Å². The molecule has 2 heterocycles. The van der Waals surface area contributed by atoms with Crippen LogP contribution in [0.15, 0.2) is 108 Å². The molecule has 0 bridgehead atoms. The number of benzene rings is 3. The summed E-state index contributed by atoms with van der Waals surface area (Å²) in [5, 5.41) is 10.0. The minimum absolute atomic E-state index is 0.218. The van der Waals surface area contributed by atoms with Crippen molar-refractivity contribution in [1.29, 1.82) is 0 Å². The highest BCUT2D eigenvalue weighted by Gasteiger charge is 2.10. The molecule has 0 fully saturated rings. The lowest BCUT2D eigenvalue weighted by atomic mass is 10.1. The molecule has 0 aliphatic heterocycles. The van der Waals surface area contributed by atoms with Crippen molar-refractivity contribution < 1.29 is 9.59 Å². The van der Waals surface area contributed by atoms with E-state index in [0.29, 0.717) is 28.1 Å². The Kier molecular flexibility index (Phi) is 5.92. The van der Waals surface area contributed by atoms with E-state index in [1.807, 2.05) is 30.3 Å². The SMILES string of the molecule is O=C(Nc1ccc(C(=O)Nc2cccc(Cn3nc4ccccn4c3=O)c2)cc1)c1ccccc1. The van der Waals surface area contributed by atoms with Crippen LogP contribution in [0.25, 0.3) is 5.65 Å². The summed E-state index contributed by atoms with van der Waals surface area (Å²) >= 11 is 0. The van der Waals surface area contributed by atoms with Gasteiger partial charge in [-0.25, -0.2) is 9.48 Å². The van der Waals surface area contributed by atoms with Crippen LogP contribution < -0.4 is 16.3 Å². The number of anilines is 2. The predicted octanol–water partition coefficient (Wildman–Crippen LogP) is 4.05. The van der Waals surface area contributed by atoms with Crippen LogP contribution in [0.3, 0.4) is 0 Å². The number of nitrogens with one attached hydrogen (secondary N) is 2. The lowest BCUT2D eigenvalue weighted by molar-refractivity contribution is 0.102. The maximum absolute atomic E-state index is 12.7. The van der Waals surface area contributed by atoms with Crippen molar-refractivity contribution >= 4 is 28.8 Å². The molecule has 2 N–H and O–H groups in total. The van der Waals surface area contributed by atoms with Gasteiger partial charge >= 0.3 is 5.69 Å². The average Bonchev–Trinajstić information content (AvgIpc) is 3.20. The fourth-order valence-electron chi connectivity index (χ4n) is 3.69. The molecule has 8 nitrogen and oxygen atoms in total. The normalized spacial score (nSPS) is 10.7. The summed E-state index contributed by atoms with van der Waals surface area (Å²) in [7, 11) is 0. The molecule has 0 saturated carbocycles. The third-order valence-electron chi connectivity index (χ3n) is 5.45. The number of hydrogen-bond acceptors (Lipinski definition) is 4. The van der Waals surface area contributed by atoms with Crippen LogP contribution in [0.5, 0.6) is 0 Å². The minimum Gasteiger partial charge on any atom is -0.322 e. The molecular formula is C27H21N5O3. The van der Waals surface area contributed by atoms with Gasteiger partial charge in [0.1, 0.15) is 0 Å². The maximum atomic E-state index is 12.7. The molecule has 2 aromatic heterocycles. The molecule has 0 spiro atoms. The fourth-order valence-corrected chi connectivity index (χ4v) is 3.69. The first-order valence-electron chi connectivity index (χ1n) is 11.0. The number of carbonyl (C=O) groups excluding carboxylic acids is 2. The first kappa shape index (κ1) is 21.8. The van der Waals surface area contributed by atoms with E-state index in [4.69, 9.17) is 0 Å². The lowest BCUT2D eigenvalue weighted by Gasteiger charge is -2.09. The van der Waals surface area contributed by atoms with Crippen LogP contribution in [0, 0.1) is 0 Å². The Morgan fingerprint density at radius 1 is 0.714 bits per heavy atom. The van der Waals surface area contributed by atoms with Gasteiger partial charge < -0.3 is 10.6 Å². The molecule has 2 amide bonds. The van der Waals surface area contributed by atoms with Crippen molar-refractivity contribution in [2.75, 3.05) is 10.6 Å². The topological polar surface area (TPSA) is 97.5 Å². The van der Waals surface area contributed by atoms with Crippen molar-refractivity contribution in [2.24, 2.45) is 0 Å². The van der Waals surface area contributed by atoms with E-state index in [-0.39, 0.29) is 24.0 Å². The van der Waals surface area contributed by atoms with Gasteiger partial charge in [-0.05, 0) is 66.2 Å². The van der Waals surface area contributed by atoms with Crippen LogP contribution in [-0.4, -0.2) is 26.0 Å². The van der Waals surface area contributed by atoms with Crippen molar-refractivity contribution in [3.8, 4) is 0 Å². The van der Waals surface area contributed by atoms with Gasteiger partial charge in [0.15, 0.2) is 5.65 Å². The Morgan fingerprint density at radius 3 is 2.14 bits per heavy atom. The summed E-state index contributed by atoms with van der Waals surface area (Å²) in [5.41, 5.74) is 3.37. The highest BCUT2D eigenvalue weighted by molar-refractivity contribution is 6.06. The molecule has 35 heavy (non-hydrogen) atoms. The molecule has 0 aliphatic carbocycles. The Hall–Kier alpha value is -4.98. The number of hydrogen-bond donors (Lipinski definition) is 2. The van der Waals surface area contributed by atoms with E-state index < -0.39 is 0 Å². The van der Waals surface area contributed by atoms with Gasteiger partial charge in [0, 0.05) is 28.7 Å². The number of rotatable bonds is 6. The quantitative estimate of drug-likeness (QED) is 0.397. The van der Waals surface area contributed by atoms with Gasteiger partial charge in [-0.15, -0.1) is 5.10 Å². The summed E-state index contributed by atoms with van der Waals surface area (Å²) in [4.78, 5) is 37.6. The van der Waals surface area contributed by atoms with Crippen molar-refractivity contribution in [3.63, 3.8) is 0 Å². The van der Waals surface area contributed by atoms with Gasteiger partial charge in [0.2, 0.25) is 0 Å². The smallest absolute Gasteiger partial charge is 0.322 e. The van der Waals surface area contributed by atoms with Crippen LogP contribution in [0.1, 0.15) is 26.3 Å². The fraction of sp³-hybridized carbons (Fsp3) is 0.0370. The zero-order valence-corrected chi connectivity index (χ0v) is 18.6. The van der Waals surface area contributed by atoms with Gasteiger partial charge in [-0.2, -0.15) is 0 Å². The molecule has 0 unspecified atom stereocenters. The standard InChI is InChI=1S/C27H21N5O3/c33-25(20-8-2-1-3-9-20)28-22-14-12-21(13-15-22)26(34)29-23-10-6-7-19(17-23)18-32-27(35)31-16-5-4-11-24(31)30-32/h1-17H,18H2,(H,28,33)(H,29,34). The third-order valence-corrected chi connectivity index (χ3v) is 5.45. The molecule has 0 aliphatic rings.